The zero-order valence-electron chi connectivity index (χ0n) is 14.0. The third kappa shape index (κ3) is 2.79. The Bertz CT molecular complexity index is 1070. The quantitative estimate of drug-likeness (QED) is 0.554. The van der Waals surface area contributed by atoms with Crippen molar-refractivity contribution in [1.82, 2.24) is 9.97 Å². The number of nitrogens with zero attached hydrogens (tertiary/aromatic N) is 2. The number of benzene rings is 2. The average molecular weight is 323 g/mol. The van der Waals surface area contributed by atoms with Crippen LogP contribution in [0.25, 0.3) is 33.4 Å². The smallest absolute Gasteiger partial charge is 0.0991 e. The maximum absolute atomic E-state index is 9.03. The number of nitrogens with one attached hydrogen (secondary N) is 1. The highest BCUT2D eigenvalue weighted by atomic mass is 14.8. The van der Waals surface area contributed by atoms with Gasteiger partial charge in [-0.1, -0.05) is 43.3 Å². The molecule has 4 aromatic rings. The second-order valence-corrected chi connectivity index (χ2v) is 6.03. The highest BCUT2D eigenvalue weighted by molar-refractivity contribution is 5.90. The van der Waals surface area contributed by atoms with Gasteiger partial charge in [-0.15, -0.1) is 0 Å². The van der Waals surface area contributed by atoms with Crippen LogP contribution in [-0.4, -0.2) is 9.97 Å². The number of H-pyrrole nitrogens is 1. The fraction of sp³-hybridized carbons (Fsp3) is 0.0909. The van der Waals surface area contributed by atoms with E-state index in [1.165, 1.54) is 5.56 Å². The Kier molecular flexibility index (Phi) is 3.80. The number of pyridine rings is 1. The molecule has 0 unspecified atom stereocenters. The maximum atomic E-state index is 9.03. The SMILES string of the molecule is CCc1ccc(-c2nc3cc[nH]c3cc2-c2ccc(C#N)cc2)cc1. The number of aromatic nitrogens is 2. The van der Waals surface area contributed by atoms with Crippen LogP contribution >= 0.6 is 0 Å². The van der Waals surface area contributed by atoms with Gasteiger partial charge in [-0.05, 0) is 41.8 Å². The second kappa shape index (κ2) is 6.26. The van der Waals surface area contributed by atoms with Crippen LogP contribution in [0.2, 0.25) is 0 Å². The van der Waals surface area contributed by atoms with Crippen LogP contribution < -0.4 is 0 Å². The minimum atomic E-state index is 0.659. The summed E-state index contributed by atoms with van der Waals surface area (Å²) in [7, 11) is 0. The normalized spacial score (nSPS) is 10.7. The molecule has 3 nitrogen and oxygen atoms in total. The van der Waals surface area contributed by atoms with Gasteiger partial charge in [0.1, 0.15) is 0 Å². The van der Waals surface area contributed by atoms with Crippen LogP contribution in [0, 0.1) is 11.3 Å². The van der Waals surface area contributed by atoms with Crippen molar-refractivity contribution in [2.45, 2.75) is 13.3 Å². The Hall–Kier alpha value is -3.38. The highest BCUT2D eigenvalue weighted by Gasteiger charge is 2.12. The minimum absolute atomic E-state index is 0.659. The summed E-state index contributed by atoms with van der Waals surface area (Å²) in [5.74, 6) is 0. The van der Waals surface area contributed by atoms with Crippen molar-refractivity contribution in [3.05, 3.63) is 78.0 Å². The molecular weight excluding hydrogens is 306 g/mol. The van der Waals surface area contributed by atoms with Crippen LogP contribution in [0.5, 0.6) is 0 Å². The largest absolute Gasteiger partial charge is 0.360 e. The van der Waals surface area contributed by atoms with Gasteiger partial charge < -0.3 is 4.98 Å². The summed E-state index contributed by atoms with van der Waals surface area (Å²) >= 11 is 0. The lowest BCUT2D eigenvalue weighted by Crippen LogP contribution is -1.91. The fourth-order valence-electron chi connectivity index (χ4n) is 3.04. The van der Waals surface area contributed by atoms with E-state index in [0.717, 1.165) is 39.8 Å². The number of aryl methyl sites for hydroxylation is 1. The first-order valence-electron chi connectivity index (χ1n) is 8.36. The standard InChI is InChI=1S/C22H17N3/c1-2-15-3-9-18(10-4-15)22-19(13-21-20(25-22)11-12-24-21)17-7-5-16(14-23)6-8-17/h3-13,24H,2H2,1H3. The van der Waals surface area contributed by atoms with Gasteiger partial charge in [-0.3, -0.25) is 0 Å². The van der Waals surface area contributed by atoms with Crippen LogP contribution in [-0.2, 0) is 6.42 Å². The van der Waals surface area contributed by atoms with E-state index in [-0.39, 0.29) is 0 Å². The number of aromatic amines is 1. The van der Waals surface area contributed by atoms with Crippen molar-refractivity contribution in [3.8, 4) is 28.5 Å². The Morgan fingerprint density at radius 1 is 0.960 bits per heavy atom. The third-order valence-corrected chi connectivity index (χ3v) is 4.49. The molecule has 25 heavy (non-hydrogen) atoms. The van der Waals surface area contributed by atoms with E-state index >= 15 is 0 Å². The van der Waals surface area contributed by atoms with Crippen molar-refractivity contribution >= 4 is 11.0 Å². The van der Waals surface area contributed by atoms with Crippen LogP contribution in [0.4, 0.5) is 0 Å². The number of hydrogen-bond acceptors (Lipinski definition) is 2. The van der Waals surface area contributed by atoms with E-state index < -0.39 is 0 Å². The molecule has 0 aliphatic rings. The minimum Gasteiger partial charge on any atom is -0.360 e. The lowest BCUT2D eigenvalue weighted by molar-refractivity contribution is 1.14. The number of rotatable bonds is 3. The zero-order valence-corrected chi connectivity index (χ0v) is 14.0. The van der Waals surface area contributed by atoms with Gasteiger partial charge in [0.25, 0.3) is 0 Å². The summed E-state index contributed by atoms with van der Waals surface area (Å²) in [6.07, 6.45) is 2.93. The number of nitriles is 1. The number of fused-ring (bicyclic) bond motifs is 1. The van der Waals surface area contributed by atoms with Crippen molar-refractivity contribution in [2.24, 2.45) is 0 Å². The molecule has 1 N–H and O–H groups in total. The molecule has 0 amide bonds. The average Bonchev–Trinajstić information content (AvgIpc) is 3.15. The molecule has 0 saturated heterocycles. The van der Waals surface area contributed by atoms with Gasteiger partial charge in [0.15, 0.2) is 0 Å². The molecule has 2 aromatic carbocycles. The highest BCUT2D eigenvalue weighted by Crippen LogP contribution is 2.33. The van der Waals surface area contributed by atoms with Crippen molar-refractivity contribution in [1.29, 1.82) is 5.26 Å². The second-order valence-electron chi connectivity index (χ2n) is 6.03. The Morgan fingerprint density at radius 2 is 1.68 bits per heavy atom. The molecule has 4 rings (SSSR count). The number of hydrogen-bond donors (Lipinski definition) is 1. The third-order valence-electron chi connectivity index (χ3n) is 4.49. The Morgan fingerprint density at radius 3 is 2.36 bits per heavy atom. The van der Waals surface area contributed by atoms with Crippen LogP contribution in [0.15, 0.2) is 66.9 Å². The summed E-state index contributed by atoms with van der Waals surface area (Å²) in [6, 6.07) is 22.5. The molecule has 0 fully saturated rings. The van der Waals surface area contributed by atoms with Gasteiger partial charge in [-0.25, -0.2) is 4.98 Å². The molecule has 120 valence electrons. The molecule has 0 aliphatic heterocycles. The molecule has 0 aliphatic carbocycles. The maximum Gasteiger partial charge on any atom is 0.0991 e. The van der Waals surface area contributed by atoms with Gasteiger partial charge in [-0.2, -0.15) is 5.26 Å². The summed E-state index contributed by atoms with van der Waals surface area (Å²) < 4.78 is 0. The van der Waals surface area contributed by atoms with Gasteiger partial charge in [0.2, 0.25) is 0 Å². The van der Waals surface area contributed by atoms with E-state index in [0.29, 0.717) is 5.56 Å². The predicted molar refractivity (Wildman–Crippen MR) is 101 cm³/mol. The monoisotopic (exact) mass is 323 g/mol. The molecule has 2 aromatic heterocycles. The van der Waals surface area contributed by atoms with Crippen LogP contribution in [0.1, 0.15) is 18.1 Å². The topological polar surface area (TPSA) is 52.5 Å². The Balaban J connectivity index is 1.92. The van der Waals surface area contributed by atoms with E-state index in [1.54, 1.807) is 0 Å². The van der Waals surface area contributed by atoms with Crippen molar-refractivity contribution in [2.75, 3.05) is 0 Å². The van der Waals surface area contributed by atoms with Crippen molar-refractivity contribution in [3.63, 3.8) is 0 Å². The molecule has 0 atom stereocenters. The summed E-state index contributed by atoms with van der Waals surface area (Å²) in [5.41, 5.74) is 8.10. The first-order chi connectivity index (χ1) is 12.3. The molecule has 3 heteroatoms. The summed E-state index contributed by atoms with van der Waals surface area (Å²) in [4.78, 5) is 8.12. The molecule has 0 radical (unpaired) electrons. The fourth-order valence-corrected chi connectivity index (χ4v) is 3.04. The zero-order chi connectivity index (χ0) is 17.2. The van der Waals surface area contributed by atoms with E-state index in [2.05, 4.69) is 48.3 Å². The van der Waals surface area contributed by atoms with Gasteiger partial charge >= 0.3 is 0 Å². The van der Waals surface area contributed by atoms with Gasteiger partial charge in [0.05, 0.1) is 28.4 Å². The van der Waals surface area contributed by atoms with Gasteiger partial charge in [0, 0.05) is 17.3 Å². The summed E-state index contributed by atoms with van der Waals surface area (Å²) in [5, 5.41) is 9.03. The predicted octanol–water partition coefficient (Wildman–Crippen LogP) is 5.33. The van der Waals surface area contributed by atoms with Crippen molar-refractivity contribution < 1.29 is 0 Å². The molecule has 0 spiro atoms. The molecule has 2 heterocycles. The molecule has 0 saturated carbocycles. The summed E-state index contributed by atoms with van der Waals surface area (Å²) in [6.45, 7) is 2.15. The molecular formula is C22H17N3. The Labute approximate surface area is 146 Å². The van der Waals surface area contributed by atoms with E-state index in [1.807, 2.05) is 36.5 Å². The first kappa shape index (κ1) is 15.2. The lowest BCUT2D eigenvalue weighted by atomic mass is 9.97. The first-order valence-corrected chi connectivity index (χ1v) is 8.36. The van der Waals surface area contributed by atoms with E-state index in [4.69, 9.17) is 10.2 Å². The lowest BCUT2D eigenvalue weighted by Gasteiger charge is -2.11. The van der Waals surface area contributed by atoms with E-state index in [9.17, 15) is 0 Å². The van der Waals surface area contributed by atoms with Crippen LogP contribution in [0.3, 0.4) is 0 Å². The molecule has 0 bridgehead atoms.